The maximum absolute atomic E-state index is 11.5. The van der Waals surface area contributed by atoms with Gasteiger partial charge in [-0.2, -0.15) is 8.42 Å². The van der Waals surface area contributed by atoms with Gasteiger partial charge in [0.2, 0.25) is 5.91 Å². The summed E-state index contributed by atoms with van der Waals surface area (Å²) in [4.78, 5) is 11.5. The van der Waals surface area contributed by atoms with Gasteiger partial charge >= 0.3 is 0 Å². The topological polar surface area (TPSA) is 83.5 Å². The smallest absolute Gasteiger partial charge is 0.264 e. The first-order valence-corrected chi connectivity index (χ1v) is 11.8. The second-order valence-corrected chi connectivity index (χ2v) is 8.55. The normalized spacial score (nSPS) is 11.6. The summed E-state index contributed by atoms with van der Waals surface area (Å²) < 4.78 is 29.6. The van der Waals surface area contributed by atoms with Crippen molar-refractivity contribution >= 4 is 16.0 Å². The minimum atomic E-state index is -3.91. The van der Waals surface area contributed by atoms with Gasteiger partial charge in [0.25, 0.3) is 10.1 Å². The van der Waals surface area contributed by atoms with E-state index < -0.39 is 10.1 Å². The third-order valence-corrected chi connectivity index (χ3v) is 5.21. The fraction of sp³-hybridized carbons (Fsp3) is 0.947. The second-order valence-electron chi connectivity index (χ2n) is 6.98. The van der Waals surface area contributed by atoms with Crippen molar-refractivity contribution in [3.63, 3.8) is 0 Å². The highest BCUT2D eigenvalue weighted by Gasteiger charge is 2.05. The Kier molecular flexibility index (Phi) is 16.4. The minimum Gasteiger partial charge on any atom is -0.356 e. The summed E-state index contributed by atoms with van der Waals surface area (Å²) in [5.41, 5.74) is 0. The molecule has 0 rings (SSSR count). The number of amides is 1. The van der Waals surface area contributed by atoms with Crippen molar-refractivity contribution in [1.29, 1.82) is 0 Å². The summed E-state index contributed by atoms with van der Waals surface area (Å²) in [6, 6.07) is 0. The molecule has 0 heterocycles. The third kappa shape index (κ3) is 21.3. The van der Waals surface area contributed by atoms with Crippen LogP contribution in [0.25, 0.3) is 0 Å². The molecule has 0 saturated heterocycles. The zero-order chi connectivity index (χ0) is 18.8. The SMILES string of the molecule is CCCCCCCCCCCCCCCC(=O)NCCCS(=O)(=O)O. The summed E-state index contributed by atoms with van der Waals surface area (Å²) in [5, 5.41) is 2.68. The van der Waals surface area contributed by atoms with Crippen LogP contribution in [0.5, 0.6) is 0 Å². The lowest BCUT2D eigenvalue weighted by molar-refractivity contribution is -0.121. The number of hydrogen-bond donors (Lipinski definition) is 2. The monoisotopic (exact) mass is 377 g/mol. The molecule has 0 unspecified atom stereocenters. The van der Waals surface area contributed by atoms with Crippen LogP contribution in [-0.2, 0) is 14.9 Å². The number of rotatable bonds is 18. The van der Waals surface area contributed by atoms with Crippen molar-refractivity contribution in [3.05, 3.63) is 0 Å². The van der Waals surface area contributed by atoms with Crippen LogP contribution < -0.4 is 5.32 Å². The molecule has 0 saturated carbocycles. The quantitative estimate of drug-likeness (QED) is 0.264. The van der Waals surface area contributed by atoms with Gasteiger partial charge in [0.05, 0.1) is 5.75 Å². The van der Waals surface area contributed by atoms with Gasteiger partial charge in [-0.15, -0.1) is 0 Å². The molecule has 5 nitrogen and oxygen atoms in total. The molecule has 0 aromatic heterocycles. The lowest BCUT2D eigenvalue weighted by atomic mass is 10.0. The van der Waals surface area contributed by atoms with Gasteiger partial charge in [-0.1, -0.05) is 84.0 Å². The van der Waals surface area contributed by atoms with Gasteiger partial charge in [0.1, 0.15) is 0 Å². The van der Waals surface area contributed by atoms with E-state index in [2.05, 4.69) is 12.2 Å². The average Bonchev–Trinajstić information content (AvgIpc) is 2.55. The van der Waals surface area contributed by atoms with Crippen molar-refractivity contribution < 1.29 is 17.8 Å². The van der Waals surface area contributed by atoms with Crippen LogP contribution in [0.15, 0.2) is 0 Å². The molecule has 0 aliphatic carbocycles. The predicted octanol–water partition coefficient (Wildman–Crippen LogP) is 4.86. The molecule has 0 fully saturated rings. The van der Waals surface area contributed by atoms with E-state index in [1.807, 2.05) is 0 Å². The van der Waals surface area contributed by atoms with E-state index in [0.29, 0.717) is 13.0 Å². The first-order chi connectivity index (χ1) is 12.0. The first-order valence-electron chi connectivity index (χ1n) is 10.2. The second kappa shape index (κ2) is 16.8. The summed E-state index contributed by atoms with van der Waals surface area (Å²) in [6.07, 6.45) is 17.4. The number of carbonyl (C=O) groups is 1. The molecule has 6 heteroatoms. The van der Waals surface area contributed by atoms with Crippen molar-refractivity contribution in [2.24, 2.45) is 0 Å². The molecule has 0 aliphatic heterocycles. The Morgan fingerprint density at radius 3 is 1.64 bits per heavy atom. The van der Waals surface area contributed by atoms with Gasteiger partial charge < -0.3 is 5.32 Å². The van der Waals surface area contributed by atoms with Crippen molar-refractivity contribution in [2.75, 3.05) is 12.3 Å². The third-order valence-electron chi connectivity index (χ3n) is 4.41. The maximum Gasteiger partial charge on any atom is 0.264 e. The molecule has 150 valence electrons. The Morgan fingerprint density at radius 1 is 0.760 bits per heavy atom. The highest BCUT2D eigenvalue weighted by atomic mass is 32.2. The molecule has 0 radical (unpaired) electrons. The minimum absolute atomic E-state index is 0.0292. The largest absolute Gasteiger partial charge is 0.356 e. The summed E-state index contributed by atoms with van der Waals surface area (Å²) in [5.74, 6) is -0.329. The first kappa shape index (κ1) is 24.4. The summed E-state index contributed by atoms with van der Waals surface area (Å²) in [7, 11) is -3.91. The predicted molar refractivity (Wildman–Crippen MR) is 104 cm³/mol. The van der Waals surface area contributed by atoms with Crippen LogP contribution in [0.1, 0.15) is 103 Å². The Bertz CT molecular complexity index is 410. The molecule has 0 bridgehead atoms. The fourth-order valence-corrected chi connectivity index (χ4v) is 3.38. The Balaban J connectivity index is 3.21. The lowest BCUT2D eigenvalue weighted by Gasteiger charge is -2.05. The van der Waals surface area contributed by atoms with E-state index in [1.54, 1.807) is 0 Å². The molecule has 1 amide bonds. The molecule has 2 N–H and O–H groups in total. The fourth-order valence-electron chi connectivity index (χ4n) is 2.87. The zero-order valence-electron chi connectivity index (χ0n) is 16.1. The highest BCUT2D eigenvalue weighted by molar-refractivity contribution is 7.85. The van der Waals surface area contributed by atoms with E-state index in [4.69, 9.17) is 4.55 Å². The lowest BCUT2D eigenvalue weighted by Crippen LogP contribution is -2.25. The van der Waals surface area contributed by atoms with Crippen molar-refractivity contribution in [1.82, 2.24) is 5.32 Å². The van der Waals surface area contributed by atoms with Crippen LogP contribution in [0.3, 0.4) is 0 Å². The zero-order valence-corrected chi connectivity index (χ0v) is 16.9. The molecule has 0 spiro atoms. The summed E-state index contributed by atoms with van der Waals surface area (Å²) >= 11 is 0. The van der Waals surface area contributed by atoms with E-state index in [-0.39, 0.29) is 18.1 Å². The van der Waals surface area contributed by atoms with E-state index >= 15 is 0 Å². The van der Waals surface area contributed by atoms with Gasteiger partial charge in [0, 0.05) is 13.0 Å². The van der Waals surface area contributed by atoms with E-state index in [0.717, 1.165) is 12.8 Å². The van der Waals surface area contributed by atoms with Crippen LogP contribution in [0.2, 0.25) is 0 Å². The van der Waals surface area contributed by atoms with Crippen LogP contribution in [0, 0.1) is 0 Å². The van der Waals surface area contributed by atoms with Crippen molar-refractivity contribution in [2.45, 2.75) is 103 Å². The molecule has 0 aromatic rings. The van der Waals surface area contributed by atoms with Crippen LogP contribution in [0.4, 0.5) is 0 Å². The Morgan fingerprint density at radius 2 is 1.20 bits per heavy atom. The summed E-state index contributed by atoms with van der Waals surface area (Å²) in [6.45, 7) is 2.55. The standard InChI is InChI=1S/C19H39NO4S/c1-2-3-4-5-6-7-8-9-10-11-12-13-14-16-19(21)20-17-15-18-25(22,23)24/h2-18H2,1H3,(H,20,21)(H,22,23,24). The van der Waals surface area contributed by atoms with Gasteiger partial charge in [-0.25, -0.2) is 0 Å². The number of unbranched alkanes of at least 4 members (excludes halogenated alkanes) is 12. The highest BCUT2D eigenvalue weighted by Crippen LogP contribution is 2.12. The van der Waals surface area contributed by atoms with E-state index in [1.165, 1.54) is 70.6 Å². The average molecular weight is 378 g/mol. The van der Waals surface area contributed by atoms with Gasteiger partial charge in [-0.05, 0) is 12.8 Å². The maximum atomic E-state index is 11.5. The van der Waals surface area contributed by atoms with Gasteiger partial charge in [0.15, 0.2) is 0 Å². The molecular weight excluding hydrogens is 338 g/mol. The van der Waals surface area contributed by atoms with Gasteiger partial charge in [-0.3, -0.25) is 9.35 Å². The van der Waals surface area contributed by atoms with Crippen LogP contribution in [-0.4, -0.2) is 31.2 Å². The van der Waals surface area contributed by atoms with Crippen LogP contribution >= 0.6 is 0 Å². The molecule has 0 aliphatic rings. The van der Waals surface area contributed by atoms with Crippen molar-refractivity contribution in [3.8, 4) is 0 Å². The Hall–Kier alpha value is -0.620. The number of carbonyl (C=O) groups excluding carboxylic acids is 1. The van der Waals surface area contributed by atoms with E-state index in [9.17, 15) is 13.2 Å². The number of hydrogen-bond acceptors (Lipinski definition) is 3. The molecule has 25 heavy (non-hydrogen) atoms. The number of nitrogens with one attached hydrogen (secondary N) is 1. The molecule has 0 aromatic carbocycles. The molecule has 0 atom stereocenters. The molecular formula is C19H39NO4S. The Labute approximate surface area is 155 Å².